The minimum atomic E-state index is -0.300. The standard InChI is InChI=1S/C23H15FN8/c24-14-3-1-2-13(10-14)15-4-6-28-22-20(15)29-23(30-22)21-16-11-18(19-12-25-8-9-27-19)26-7-5-17(16)31-32-21/h1-6,8-12,31H,7H2,(H,28,29,30). The van der Waals surface area contributed by atoms with Gasteiger partial charge in [0.05, 0.1) is 29.3 Å². The summed E-state index contributed by atoms with van der Waals surface area (Å²) in [5.41, 5.74) is 4.82. The minimum absolute atomic E-state index is 0.300. The molecule has 154 valence electrons. The van der Waals surface area contributed by atoms with Gasteiger partial charge in [0.15, 0.2) is 11.5 Å². The van der Waals surface area contributed by atoms with Gasteiger partial charge in [-0.2, -0.15) is 5.10 Å². The molecule has 0 spiro atoms. The summed E-state index contributed by atoms with van der Waals surface area (Å²) in [6.07, 6.45) is 10.5. The lowest BCUT2D eigenvalue weighted by atomic mass is 10.1. The van der Waals surface area contributed by atoms with E-state index in [0.29, 0.717) is 40.6 Å². The van der Waals surface area contributed by atoms with Crippen molar-refractivity contribution in [2.75, 3.05) is 6.54 Å². The van der Waals surface area contributed by atoms with Gasteiger partial charge in [-0.3, -0.25) is 20.1 Å². The van der Waals surface area contributed by atoms with E-state index in [1.807, 2.05) is 24.3 Å². The molecule has 0 unspecified atom stereocenters. The fraction of sp³-hybridized carbons (Fsp3) is 0.0435. The molecule has 0 atom stereocenters. The van der Waals surface area contributed by atoms with Gasteiger partial charge in [0.2, 0.25) is 0 Å². The highest BCUT2D eigenvalue weighted by molar-refractivity contribution is 6.20. The van der Waals surface area contributed by atoms with Crippen molar-refractivity contribution in [1.29, 1.82) is 0 Å². The average Bonchev–Trinajstić information content (AvgIpc) is 3.37. The van der Waals surface area contributed by atoms with Crippen molar-refractivity contribution in [2.24, 2.45) is 4.99 Å². The van der Waals surface area contributed by atoms with Crippen LogP contribution < -0.4 is 10.6 Å². The normalized spacial score (nSPS) is 13.1. The molecule has 0 saturated carbocycles. The molecule has 32 heavy (non-hydrogen) atoms. The average molecular weight is 422 g/mol. The van der Waals surface area contributed by atoms with Crippen LogP contribution in [0, 0.1) is 5.82 Å². The van der Waals surface area contributed by atoms with E-state index in [9.17, 15) is 4.39 Å². The first-order valence-electron chi connectivity index (χ1n) is 9.94. The zero-order valence-corrected chi connectivity index (χ0v) is 16.6. The van der Waals surface area contributed by atoms with Crippen molar-refractivity contribution in [3.05, 3.63) is 77.2 Å². The van der Waals surface area contributed by atoms with Crippen molar-refractivity contribution in [3.63, 3.8) is 0 Å². The SMILES string of the molecule is Fc1cccc(-c2ccnc3nc(-c4n[nH]c5c4=CC(c4cnccn4)=NCC=5)[nH]c23)c1. The third-order valence-corrected chi connectivity index (χ3v) is 5.25. The summed E-state index contributed by atoms with van der Waals surface area (Å²) in [5, 5.41) is 9.24. The van der Waals surface area contributed by atoms with E-state index in [4.69, 9.17) is 0 Å². The number of fused-ring (bicyclic) bond motifs is 2. The molecule has 8 nitrogen and oxygen atoms in total. The fourth-order valence-corrected chi connectivity index (χ4v) is 3.77. The van der Waals surface area contributed by atoms with Gasteiger partial charge >= 0.3 is 0 Å². The molecule has 5 aromatic rings. The van der Waals surface area contributed by atoms with Crippen molar-refractivity contribution < 1.29 is 4.39 Å². The number of hydrogen-bond donors (Lipinski definition) is 2. The molecule has 0 radical (unpaired) electrons. The molecule has 5 heterocycles. The highest BCUT2D eigenvalue weighted by Gasteiger charge is 2.16. The third kappa shape index (κ3) is 3.07. The van der Waals surface area contributed by atoms with E-state index in [1.54, 1.807) is 30.9 Å². The van der Waals surface area contributed by atoms with Gasteiger partial charge in [-0.25, -0.2) is 14.4 Å². The van der Waals surface area contributed by atoms with Crippen LogP contribution in [0.3, 0.4) is 0 Å². The minimum Gasteiger partial charge on any atom is -0.335 e. The number of aliphatic imine (C=N–C) groups is 1. The second-order valence-electron chi connectivity index (χ2n) is 7.22. The molecule has 1 aliphatic heterocycles. The Morgan fingerprint density at radius 1 is 1.03 bits per heavy atom. The summed E-state index contributed by atoms with van der Waals surface area (Å²) in [6.45, 7) is 0.489. The Morgan fingerprint density at radius 2 is 2.00 bits per heavy atom. The second-order valence-corrected chi connectivity index (χ2v) is 7.22. The summed E-state index contributed by atoms with van der Waals surface area (Å²) >= 11 is 0. The highest BCUT2D eigenvalue weighted by Crippen LogP contribution is 2.27. The van der Waals surface area contributed by atoms with Crippen LogP contribution in [-0.2, 0) is 0 Å². The Balaban J connectivity index is 1.52. The molecule has 1 aliphatic rings. The molecular weight excluding hydrogens is 407 g/mol. The van der Waals surface area contributed by atoms with E-state index in [0.717, 1.165) is 21.7 Å². The van der Waals surface area contributed by atoms with Crippen LogP contribution in [0.1, 0.15) is 5.69 Å². The zero-order valence-electron chi connectivity index (χ0n) is 16.6. The molecule has 0 aliphatic carbocycles. The first-order valence-corrected chi connectivity index (χ1v) is 9.94. The number of benzene rings is 1. The number of hydrogen-bond acceptors (Lipinski definition) is 6. The highest BCUT2D eigenvalue weighted by atomic mass is 19.1. The molecule has 0 bridgehead atoms. The van der Waals surface area contributed by atoms with Crippen molar-refractivity contribution in [3.8, 4) is 22.6 Å². The molecule has 9 heteroatoms. The van der Waals surface area contributed by atoms with Crippen LogP contribution in [0.4, 0.5) is 4.39 Å². The van der Waals surface area contributed by atoms with E-state index in [2.05, 4.69) is 40.1 Å². The first-order chi connectivity index (χ1) is 15.8. The molecule has 4 aromatic heterocycles. The van der Waals surface area contributed by atoms with Crippen LogP contribution in [-0.4, -0.2) is 47.4 Å². The van der Waals surface area contributed by atoms with Crippen LogP contribution >= 0.6 is 0 Å². The van der Waals surface area contributed by atoms with Crippen LogP contribution in [0.15, 0.2) is 60.1 Å². The Hall–Kier alpha value is -4.53. The van der Waals surface area contributed by atoms with Crippen LogP contribution in [0.2, 0.25) is 0 Å². The Bertz CT molecular complexity index is 1620. The van der Waals surface area contributed by atoms with Crippen molar-refractivity contribution in [1.82, 2.24) is 35.1 Å². The van der Waals surface area contributed by atoms with Crippen molar-refractivity contribution >= 4 is 29.0 Å². The Kier molecular flexibility index (Phi) is 4.17. The molecule has 6 rings (SSSR count). The third-order valence-electron chi connectivity index (χ3n) is 5.25. The predicted octanol–water partition coefficient (Wildman–Crippen LogP) is 2.01. The lowest BCUT2D eigenvalue weighted by molar-refractivity contribution is 0.628. The van der Waals surface area contributed by atoms with Gasteiger partial charge in [-0.15, -0.1) is 0 Å². The molecule has 2 N–H and O–H groups in total. The quantitative estimate of drug-likeness (QED) is 0.462. The van der Waals surface area contributed by atoms with Gasteiger partial charge in [0, 0.05) is 29.4 Å². The zero-order chi connectivity index (χ0) is 21.5. The summed E-state index contributed by atoms with van der Waals surface area (Å²) < 4.78 is 13.8. The van der Waals surface area contributed by atoms with Crippen LogP contribution in [0.25, 0.3) is 46.0 Å². The van der Waals surface area contributed by atoms with E-state index >= 15 is 0 Å². The molecule has 0 saturated heterocycles. The van der Waals surface area contributed by atoms with Gasteiger partial charge in [0.1, 0.15) is 17.2 Å². The fourth-order valence-electron chi connectivity index (χ4n) is 3.77. The number of nitrogens with one attached hydrogen (secondary N) is 2. The number of aromatic nitrogens is 7. The number of pyridine rings is 1. The van der Waals surface area contributed by atoms with Gasteiger partial charge in [-0.05, 0) is 35.9 Å². The lowest BCUT2D eigenvalue weighted by Crippen LogP contribution is -2.25. The number of imidazole rings is 1. The molecule has 1 aromatic carbocycles. The summed E-state index contributed by atoms with van der Waals surface area (Å²) in [4.78, 5) is 25.5. The lowest BCUT2D eigenvalue weighted by Gasteiger charge is -2.02. The summed E-state index contributed by atoms with van der Waals surface area (Å²) in [5.74, 6) is 0.254. The van der Waals surface area contributed by atoms with Crippen LogP contribution in [0.5, 0.6) is 0 Å². The van der Waals surface area contributed by atoms with E-state index < -0.39 is 0 Å². The first kappa shape index (κ1) is 18.3. The monoisotopic (exact) mass is 422 g/mol. The largest absolute Gasteiger partial charge is 0.335 e. The van der Waals surface area contributed by atoms with Gasteiger partial charge in [-0.1, -0.05) is 12.1 Å². The smallest absolute Gasteiger partial charge is 0.178 e. The number of aromatic amines is 2. The molecule has 0 fully saturated rings. The maximum atomic E-state index is 13.8. The maximum absolute atomic E-state index is 13.8. The molecular formula is C23H15FN8. The predicted molar refractivity (Wildman–Crippen MR) is 118 cm³/mol. The number of rotatable bonds is 3. The Morgan fingerprint density at radius 3 is 2.88 bits per heavy atom. The number of halogens is 1. The van der Waals surface area contributed by atoms with E-state index in [1.165, 1.54) is 12.1 Å². The van der Waals surface area contributed by atoms with Crippen molar-refractivity contribution in [2.45, 2.75) is 0 Å². The summed E-state index contributed by atoms with van der Waals surface area (Å²) in [6, 6.07) is 8.28. The van der Waals surface area contributed by atoms with Gasteiger partial charge in [0.25, 0.3) is 0 Å². The summed E-state index contributed by atoms with van der Waals surface area (Å²) in [7, 11) is 0. The Labute approximate surface area is 180 Å². The number of H-pyrrole nitrogens is 2. The maximum Gasteiger partial charge on any atom is 0.178 e. The topological polar surface area (TPSA) is 108 Å². The van der Waals surface area contributed by atoms with E-state index in [-0.39, 0.29) is 5.82 Å². The number of nitrogens with zero attached hydrogens (tertiary/aromatic N) is 6. The van der Waals surface area contributed by atoms with Gasteiger partial charge < -0.3 is 4.98 Å². The molecule has 0 amide bonds. The second kappa shape index (κ2) is 7.31.